The molecule has 1 aliphatic carbocycles. The molecule has 0 unspecified atom stereocenters. The Balaban J connectivity index is 0.000000242. The van der Waals surface area contributed by atoms with Crippen molar-refractivity contribution >= 4 is 11.9 Å². The van der Waals surface area contributed by atoms with E-state index in [4.69, 9.17) is 4.74 Å². The van der Waals surface area contributed by atoms with Gasteiger partial charge in [0.15, 0.2) is 0 Å². The van der Waals surface area contributed by atoms with Crippen LogP contribution in [0, 0.1) is 5.92 Å². The lowest BCUT2D eigenvalue weighted by atomic mass is 9.98. The molecule has 150 valence electrons. The van der Waals surface area contributed by atoms with Crippen molar-refractivity contribution in [1.29, 1.82) is 0 Å². The van der Waals surface area contributed by atoms with Gasteiger partial charge in [0, 0.05) is 25.3 Å². The van der Waals surface area contributed by atoms with Gasteiger partial charge in [0.2, 0.25) is 5.91 Å². The lowest BCUT2D eigenvalue weighted by Gasteiger charge is -2.12. The Morgan fingerprint density at radius 2 is 1.54 bits per heavy atom. The molecule has 1 amide bonds. The third kappa shape index (κ3) is 5.69. The van der Waals surface area contributed by atoms with Crippen LogP contribution in [0.4, 0.5) is 0 Å². The maximum atomic E-state index is 11.0. The van der Waals surface area contributed by atoms with Crippen LogP contribution in [-0.4, -0.2) is 25.0 Å². The summed E-state index contributed by atoms with van der Waals surface area (Å²) in [6, 6.07) is 16.6. The standard InChI is InChI=1S/C16H14O2.C8H17NO/c1-11(17)18-10-16-14-8-4-2-6-12(14)13-7-3-5-9-15(13)16;1-4-5-6-9-8(10)7(2)3/h2-9,16H,10H2,1H3;7H,4-6H2,1-3H3,(H,9,10). The molecular weight excluding hydrogens is 350 g/mol. The third-order valence-corrected chi connectivity index (χ3v) is 4.77. The average Bonchev–Trinajstić information content (AvgIpc) is 3.01. The number of fused-ring (bicyclic) bond motifs is 3. The van der Waals surface area contributed by atoms with E-state index < -0.39 is 0 Å². The van der Waals surface area contributed by atoms with Gasteiger partial charge in [-0.05, 0) is 28.7 Å². The number of amides is 1. The second-order valence-corrected chi connectivity index (χ2v) is 7.33. The largest absolute Gasteiger partial charge is 0.465 e. The van der Waals surface area contributed by atoms with Gasteiger partial charge in [-0.25, -0.2) is 0 Å². The maximum Gasteiger partial charge on any atom is 0.302 e. The first-order valence-corrected chi connectivity index (χ1v) is 10.0. The number of carbonyl (C=O) groups is 2. The van der Waals surface area contributed by atoms with E-state index in [1.807, 2.05) is 38.1 Å². The smallest absolute Gasteiger partial charge is 0.302 e. The summed E-state index contributed by atoms with van der Waals surface area (Å²) < 4.78 is 5.20. The molecule has 2 aromatic carbocycles. The third-order valence-electron chi connectivity index (χ3n) is 4.77. The average molecular weight is 382 g/mol. The number of rotatable bonds is 6. The van der Waals surface area contributed by atoms with Crippen LogP contribution in [0.25, 0.3) is 11.1 Å². The van der Waals surface area contributed by atoms with Crippen LogP contribution in [0.3, 0.4) is 0 Å². The SMILES string of the molecule is CC(=O)OCC1c2ccccc2-c2ccccc21.CCCCNC(=O)C(C)C. The Morgan fingerprint density at radius 3 is 2.00 bits per heavy atom. The monoisotopic (exact) mass is 381 g/mol. The lowest BCUT2D eigenvalue weighted by Crippen LogP contribution is -2.28. The summed E-state index contributed by atoms with van der Waals surface area (Å²) in [7, 11) is 0. The molecular formula is C24H31NO3. The molecule has 3 rings (SSSR count). The van der Waals surface area contributed by atoms with Crippen molar-refractivity contribution in [3.63, 3.8) is 0 Å². The first-order chi connectivity index (χ1) is 13.5. The van der Waals surface area contributed by atoms with Gasteiger partial charge in [0.25, 0.3) is 0 Å². The van der Waals surface area contributed by atoms with Gasteiger partial charge < -0.3 is 10.1 Å². The van der Waals surface area contributed by atoms with Crippen molar-refractivity contribution in [1.82, 2.24) is 5.32 Å². The molecule has 0 heterocycles. The minimum atomic E-state index is -0.225. The zero-order valence-electron chi connectivity index (χ0n) is 17.3. The number of nitrogens with one attached hydrogen (secondary N) is 1. The number of unbranched alkanes of at least 4 members (excludes halogenated alkanes) is 1. The summed E-state index contributed by atoms with van der Waals surface area (Å²) in [6.07, 6.45) is 2.22. The molecule has 0 atom stereocenters. The van der Waals surface area contributed by atoms with Crippen molar-refractivity contribution in [2.45, 2.75) is 46.5 Å². The van der Waals surface area contributed by atoms with Crippen molar-refractivity contribution in [2.75, 3.05) is 13.2 Å². The fourth-order valence-corrected chi connectivity index (χ4v) is 3.23. The highest BCUT2D eigenvalue weighted by Crippen LogP contribution is 2.44. The van der Waals surface area contributed by atoms with Crippen molar-refractivity contribution < 1.29 is 14.3 Å². The van der Waals surface area contributed by atoms with Crippen LogP contribution in [0.5, 0.6) is 0 Å². The zero-order valence-corrected chi connectivity index (χ0v) is 17.3. The van der Waals surface area contributed by atoms with Gasteiger partial charge in [-0.15, -0.1) is 0 Å². The van der Waals surface area contributed by atoms with Gasteiger partial charge in [-0.1, -0.05) is 75.7 Å². The molecule has 1 aliphatic rings. The summed E-state index contributed by atoms with van der Waals surface area (Å²) >= 11 is 0. The van der Waals surface area contributed by atoms with Crippen LogP contribution < -0.4 is 5.32 Å². The summed E-state index contributed by atoms with van der Waals surface area (Å²) in [5.74, 6) is 0.225. The lowest BCUT2D eigenvalue weighted by molar-refractivity contribution is -0.141. The van der Waals surface area contributed by atoms with Crippen LogP contribution >= 0.6 is 0 Å². The highest BCUT2D eigenvalue weighted by molar-refractivity contribution is 5.79. The molecule has 2 aromatic rings. The molecule has 28 heavy (non-hydrogen) atoms. The molecule has 0 radical (unpaired) electrons. The first-order valence-electron chi connectivity index (χ1n) is 10.0. The second-order valence-electron chi connectivity index (χ2n) is 7.33. The molecule has 0 aliphatic heterocycles. The summed E-state index contributed by atoms with van der Waals surface area (Å²) in [5.41, 5.74) is 5.01. The molecule has 4 heteroatoms. The van der Waals surface area contributed by atoms with Gasteiger partial charge in [0.05, 0.1) is 0 Å². The molecule has 0 aromatic heterocycles. The fraction of sp³-hybridized carbons (Fsp3) is 0.417. The number of benzene rings is 2. The number of carbonyl (C=O) groups excluding carboxylic acids is 2. The van der Waals surface area contributed by atoms with E-state index in [1.54, 1.807) is 0 Å². The van der Waals surface area contributed by atoms with E-state index in [9.17, 15) is 9.59 Å². The molecule has 1 N–H and O–H groups in total. The van der Waals surface area contributed by atoms with Crippen LogP contribution in [-0.2, 0) is 14.3 Å². The van der Waals surface area contributed by atoms with Crippen LogP contribution in [0.15, 0.2) is 48.5 Å². The minimum Gasteiger partial charge on any atom is -0.465 e. The van der Waals surface area contributed by atoms with Crippen LogP contribution in [0.1, 0.15) is 57.6 Å². The topological polar surface area (TPSA) is 55.4 Å². The molecule has 0 spiro atoms. The Hall–Kier alpha value is -2.62. The van der Waals surface area contributed by atoms with E-state index in [0.29, 0.717) is 6.61 Å². The molecule has 0 fully saturated rings. The molecule has 0 saturated carbocycles. The minimum absolute atomic E-state index is 0.122. The molecule has 0 saturated heterocycles. The van der Waals surface area contributed by atoms with Crippen molar-refractivity contribution in [3.05, 3.63) is 59.7 Å². The predicted octanol–water partition coefficient (Wildman–Crippen LogP) is 4.92. The number of esters is 1. The zero-order chi connectivity index (χ0) is 20.5. The predicted molar refractivity (Wildman–Crippen MR) is 113 cm³/mol. The summed E-state index contributed by atoms with van der Waals surface area (Å²) in [5, 5.41) is 2.84. The number of hydrogen-bond donors (Lipinski definition) is 1. The highest BCUT2D eigenvalue weighted by Gasteiger charge is 2.28. The molecule has 0 bridgehead atoms. The Labute approximate surface area is 168 Å². The van der Waals surface area contributed by atoms with Gasteiger partial charge in [-0.2, -0.15) is 0 Å². The Bertz CT molecular complexity index is 752. The van der Waals surface area contributed by atoms with E-state index in [-0.39, 0.29) is 23.7 Å². The Kier molecular flexibility index (Phi) is 8.24. The van der Waals surface area contributed by atoms with E-state index in [0.717, 1.165) is 19.4 Å². The number of hydrogen-bond acceptors (Lipinski definition) is 3. The summed E-state index contributed by atoms with van der Waals surface area (Å²) in [4.78, 5) is 21.9. The van der Waals surface area contributed by atoms with Gasteiger partial charge >= 0.3 is 5.97 Å². The fourth-order valence-electron chi connectivity index (χ4n) is 3.23. The Morgan fingerprint density at radius 1 is 1.00 bits per heavy atom. The highest BCUT2D eigenvalue weighted by atomic mass is 16.5. The van der Waals surface area contributed by atoms with E-state index in [2.05, 4.69) is 36.5 Å². The second kappa shape index (κ2) is 10.6. The normalized spacial score (nSPS) is 11.9. The van der Waals surface area contributed by atoms with Crippen molar-refractivity contribution in [2.24, 2.45) is 5.92 Å². The van der Waals surface area contributed by atoms with Crippen molar-refractivity contribution in [3.8, 4) is 11.1 Å². The summed E-state index contributed by atoms with van der Waals surface area (Å²) in [6.45, 7) is 8.62. The maximum absolute atomic E-state index is 11.0. The first kappa shape index (κ1) is 21.7. The van der Waals surface area contributed by atoms with Crippen LogP contribution in [0.2, 0.25) is 0 Å². The number of ether oxygens (including phenoxy) is 1. The quantitative estimate of drug-likeness (QED) is 0.571. The van der Waals surface area contributed by atoms with Gasteiger partial charge in [0.1, 0.15) is 6.61 Å². The molecule has 4 nitrogen and oxygen atoms in total. The van der Waals surface area contributed by atoms with E-state index in [1.165, 1.54) is 29.2 Å². The van der Waals surface area contributed by atoms with Gasteiger partial charge in [-0.3, -0.25) is 9.59 Å². The van der Waals surface area contributed by atoms with E-state index >= 15 is 0 Å².